The second-order valence-corrected chi connectivity index (χ2v) is 6.58. The summed E-state index contributed by atoms with van der Waals surface area (Å²) in [5.41, 5.74) is 14.5. The van der Waals surface area contributed by atoms with Gasteiger partial charge >= 0.3 is 0 Å². The van der Waals surface area contributed by atoms with Crippen LogP contribution in [0.25, 0.3) is 0 Å². The Bertz CT molecular complexity index is 828. The van der Waals surface area contributed by atoms with Crippen molar-refractivity contribution in [2.24, 2.45) is 10.8 Å². The number of nitrogens with two attached hydrogens (primary N) is 1. The monoisotopic (exact) mass is 341 g/mol. The van der Waals surface area contributed by atoms with Crippen molar-refractivity contribution in [1.82, 2.24) is 10.4 Å². The molecule has 24 heavy (non-hydrogen) atoms. The van der Waals surface area contributed by atoms with Gasteiger partial charge in [-0.15, -0.1) is 0 Å². The van der Waals surface area contributed by atoms with Gasteiger partial charge in [-0.3, -0.25) is 10.4 Å². The van der Waals surface area contributed by atoms with Crippen LogP contribution in [0.4, 0.5) is 0 Å². The number of benzene rings is 1. The van der Waals surface area contributed by atoms with E-state index < -0.39 is 0 Å². The zero-order chi connectivity index (χ0) is 17.3. The van der Waals surface area contributed by atoms with E-state index in [2.05, 4.69) is 29.4 Å². The molecule has 0 saturated carbocycles. The molecule has 6 heteroatoms. The lowest BCUT2D eigenvalue weighted by molar-refractivity contribution is 0.671. The Balaban J connectivity index is 2.06. The molecule has 0 aliphatic heterocycles. The number of rotatable bonds is 2. The first-order chi connectivity index (χ1) is 11.5. The Morgan fingerprint density at radius 1 is 1.29 bits per heavy atom. The molecule has 1 atom stereocenters. The van der Waals surface area contributed by atoms with Gasteiger partial charge in [0.2, 0.25) is 5.96 Å². The molecular formula is C18H20ClN5. The van der Waals surface area contributed by atoms with Gasteiger partial charge in [0, 0.05) is 16.8 Å². The molecule has 0 amide bonds. The van der Waals surface area contributed by atoms with E-state index in [1.54, 1.807) is 0 Å². The summed E-state index contributed by atoms with van der Waals surface area (Å²) in [6.45, 7) is 4.14. The van der Waals surface area contributed by atoms with Crippen molar-refractivity contribution in [1.29, 1.82) is 5.41 Å². The Morgan fingerprint density at radius 3 is 2.83 bits per heavy atom. The minimum Gasteiger partial charge on any atom is -0.369 e. The second kappa shape index (κ2) is 6.61. The zero-order valence-corrected chi connectivity index (χ0v) is 14.5. The highest BCUT2D eigenvalue weighted by Crippen LogP contribution is 2.35. The first-order valence-electron chi connectivity index (χ1n) is 7.83. The highest BCUT2D eigenvalue weighted by Gasteiger charge is 2.28. The molecule has 0 radical (unpaired) electrons. The van der Waals surface area contributed by atoms with Crippen LogP contribution in [0.5, 0.6) is 0 Å². The Morgan fingerprint density at radius 2 is 2.08 bits per heavy atom. The summed E-state index contributed by atoms with van der Waals surface area (Å²) in [5, 5.41) is 12.4. The number of nitrogens with zero attached hydrogens (tertiary/aromatic N) is 2. The van der Waals surface area contributed by atoms with Crippen LogP contribution < -0.4 is 11.2 Å². The van der Waals surface area contributed by atoms with Crippen molar-refractivity contribution < 1.29 is 0 Å². The second-order valence-electron chi connectivity index (χ2n) is 6.14. The van der Waals surface area contributed by atoms with E-state index in [1.165, 1.54) is 11.1 Å². The fourth-order valence-electron chi connectivity index (χ4n) is 3.30. The fourth-order valence-corrected chi connectivity index (χ4v) is 3.49. The predicted molar refractivity (Wildman–Crippen MR) is 97.8 cm³/mol. The first-order valence-corrected chi connectivity index (χ1v) is 8.21. The van der Waals surface area contributed by atoms with Gasteiger partial charge in [0.05, 0.1) is 11.4 Å². The number of hydrogen-bond donors (Lipinski definition) is 3. The lowest BCUT2D eigenvalue weighted by Gasteiger charge is -2.28. The van der Waals surface area contributed by atoms with Crippen molar-refractivity contribution in [2.75, 3.05) is 0 Å². The van der Waals surface area contributed by atoms with Crippen LogP contribution in [-0.4, -0.2) is 16.7 Å². The van der Waals surface area contributed by atoms with Crippen LogP contribution in [0, 0.1) is 19.3 Å². The number of aromatic nitrogens is 1. The van der Waals surface area contributed by atoms with Crippen molar-refractivity contribution >= 4 is 23.3 Å². The summed E-state index contributed by atoms with van der Waals surface area (Å²) in [4.78, 5) is 4.56. The van der Waals surface area contributed by atoms with E-state index in [0.29, 0.717) is 0 Å². The van der Waals surface area contributed by atoms with E-state index in [1.807, 2.05) is 30.5 Å². The standard InChI is InChI=1S/C18H20ClN5/c1-10-3-4-13(19)9-14(10)12-7-15-17(11(2)5-6-22-15)16(8-12)23-24-18(20)21/h3-6,9,12H,7-8H2,1-2H3,(H4,20,21,24). The molecule has 4 N–H and O–H groups in total. The van der Waals surface area contributed by atoms with Crippen LogP contribution in [0.3, 0.4) is 0 Å². The summed E-state index contributed by atoms with van der Waals surface area (Å²) in [7, 11) is 0. The minimum absolute atomic E-state index is 0.174. The lowest BCUT2D eigenvalue weighted by atomic mass is 9.79. The predicted octanol–water partition coefficient (Wildman–Crippen LogP) is 3.27. The van der Waals surface area contributed by atoms with Crippen LogP contribution in [-0.2, 0) is 6.42 Å². The minimum atomic E-state index is -0.174. The smallest absolute Gasteiger partial charge is 0.206 e. The fraction of sp³-hybridized carbons (Fsp3) is 0.278. The maximum absolute atomic E-state index is 7.35. The number of nitrogens with one attached hydrogen (secondary N) is 2. The van der Waals surface area contributed by atoms with Crippen molar-refractivity contribution in [2.45, 2.75) is 32.6 Å². The Labute approximate surface area is 146 Å². The molecule has 5 nitrogen and oxygen atoms in total. The molecule has 1 aromatic carbocycles. The third kappa shape index (κ3) is 3.26. The van der Waals surface area contributed by atoms with E-state index in [0.717, 1.165) is 40.4 Å². The van der Waals surface area contributed by atoms with Gasteiger partial charge in [-0.25, -0.2) is 5.43 Å². The highest BCUT2D eigenvalue weighted by molar-refractivity contribution is 6.30. The molecule has 1 unspecified atom stereocenters. The lowest BCUT2D eigenvalue weighted by Crippen LogP contribution is -2.29. The molecule has 0 spiro atoms. The SMILES string of the molecule is Cc1ccc(Cl)cc1C1CC(=NNC(=N)N)c2c(C)ccnc2C1. The molecule has 0 bridgehead atoms. The maximum Gasteiger partial charge on any atom is 0.206 e. The van der Waals surface area contributed by atoms with Gasteiger partial charge in [-0.05, 0) is 67.5 Å². The number of guanidine groups is 1. The summed E-state index contributed by atoms with van der Waals surface area (Å²) in [6, 6.07) is 7.96. The summed E-state index contributed by atoms with van der Waals surface area (Å²) < 4.78 is 0. The van der Waals surface area contributed by atoms with E-state index in [-0.39, 0.29) is 11.9 Å². The third-order valence-electron chi connectivity index (χ3n) is 4.40. The molecule has 1 aliphatic rings. The normalized spacial score (nSPS) is 18.3. The number of fused-ring (bicyclic) bond motifs is 1. The van der Waals surface area contributed by atoms with Crippen molar-refractivity contribution in [3.63, 3.8) is 0 Å². The number of pyridine rings is 1. The molecule has 1 aromatic heterocycles. The summed E-state index contributed by atoms with van der Waals surface area (Å²) in [6.07, 6.45) is 3.43. The van der Waals surface area contributed by atoms with E-state index in [4.69, 9.17) is 22.7 Å². The number of hydrazone groups is 1. The van der Waals surface area contributed by atoms with Gasteiger partial charge in [0.15, 0.2) is 0 Å². The van der Waals surface area contributed by atoms with Crippen LogP contribution >= 0.6 is 11.6 Å². The van der Waals surface area contributed by atoms with Crippen LogP contribution in [0.15, 0.2) is 35.6 Å². The number of halogens is 1. The molecular weight excluding hydrogens is 322 g/mol. The molecule has 3 rings (SSSR count). The Kier molecular flexibility index (Phi) is 4.53. The molecule has 1 heterocycles. The van der Waals surface area contributed by atoms with E-state index in [9.17, 15) is 0 Å². The molecule has 1 aliphatic carbocycles. The molecule has 0 saturated heterocycles. The van der Waals surface area contributed by atoms with Crippen LogP contribution in [0.2, 0.25) is 5.02 Å². The van der Waals surface area contributed by atoms with Gasteiger partial charge in [-0.2, -0.15) is 5.10 Å². The van der Waals surface area contributed by atoms with Gasteiger partial charge < -0.3 is 5.73 Å². The zero-order valence-electron chi connectivity index (χ0n) is 13.7. The number of hydrogen-bond acceptors (Lipinski definition) is 3. The van der Waals surface area contributed by atoms with Gasteiger partial charge in [-0.1, -0.05) is 17.7 Å². The van der Waals surface area contributed by atoms with Gasteiger partial charge in [0.1, 0.15) is 0 Å². The average Bonchev–Trinajstić information content (AvgIpc) is 2.54. The highest BCUT2D eigenvalue weighted by atomic mass is 35.5. The summed E-state index contributed by atoms with van der Waals surface area (Å²) in [5.74, 6) is 0.0738. The molecule has 2 aromatic rings. The van der Waals surface area contributed by atoms with E-state index >= 15 is 0 Å². The summed E-state index contributed by atoms with van der Waals surface area (Å²) >= 11 is 6.20. The van der Waals surface area contributed by atoms with Crippen molar-refractivity contribution in [3.8, 4) is 0 Å². The molecule has 0 fully saturated rings. The number of aryl methyl sites for hydroxylation is 2. The van der Waals surface area contributed by atoms with Gasteiger partial charge in [0.25, 0.3) is 0 Å². The topological polar surface area (TPSA) is 87.2 Å². The third-order valence-corrected chi connectivity index (χ3v) is 4.63. The van der Waals surface area contributed by atoms with Crippen LogP contribution in [0.1, 0.15) is 40.3 Å². The quantitative estimate of drug-likeness (QED) is 0.445. The average molecular weight is 342 g/mol. The molecule has 124 valence electrons. The van der Waals surface area contributed by atoms with Crippen molar-refractivity contribution in [3.05, 3.63) is 63.4 Å². The Hall–Kier alpha value is -2.40. The largest absolute Gasteiger partial charge is 0.369 e. The first kappa shape index (κ1) is 16.5. The maximum atomic E-state index is 7.35.